The van der Waals surface area contributed by atoms with Gasteiger partial charge < -0.3 is 26.4 Å². The van der Waals surface area contributed by atoms with Crippen LogP contribution >= 0.6 is 0 Å². The third-order valence-electron chi connectivity index (χ3n) is 8.77. The molecule has 3 aromatic heterocycles. The highest BCUT2D eigenvalue weighted by Gasteiger charge is 2.28. The molecule has 7 rings (SSSR count). The lowest BCUT2D eigenvalue weighted by Crippen LogP contribution is -2.46. The monoisotopic (exact) mass is 640 g/mol. The Balaban J connectivity index is 1.19. The summed E-state index contributed by atoms with van der Waals surface area (Å²) >= 11 is 0. The zero-order valence-electron chi connectivity index (χ0n) is 26.5. The topological polar surface area (TPSA) is 160 Å². The van der Waals surface area contributed by atoms with Crippen molar-refractivity contribution >= 4 is 34.6 Å². The van der Waals surface area contributed by atoms with Gasteiger partial charge >= 0.3 is 6.03 Å². The number of aromatic nitrogens is 6. The van der Waals surface area contributed by atoms with Crippen LogP contribution < -0.4 is 16.4 Å². The molecule has 4 heterocycles. The quantitative estimate of drug-likeness (QED) is 0.162. The standard InChI is InChI=1S/C36H36N10O2/c1-23(25-9-7-17-45(20-25)36(48)41-27-10-3-2-4-11-27)40-35-43-30(28-12-6-5-8-26(28)21-47)19-33(44-35)46-22-39-31-18-24(13-14-32(31)46)29-15-16-38-34(37)42-29/h2-6,8,10-16,18-19,22-23,25,47H,7,9,17,20-21H2,1H3,(H,41,48)(H2,37,38,42)(H,40,43,44). The van der Waals surface area contributed by atoms with Crippen molar-refractivity contribution in [1.82, 2.24) is 34.4 Å². The second kappa shape index (κ2) is 13.5. The van der Waals surface area contributed by atoms with E-state index in [4.69, 9.17) is 15.7 Å². The number of fused-ring (bicyclic) bond motifs is 1. The van der Waals surface area contributed by atoms with Gasteiger partial charge in [-0.2, -0.15) is 4.98 Å². The van der Waals surface area contributed by atoms with Crippen molar-refractivity contribution in [2.45, 2.75) is 32.4 Å². The number of rotatable bonds is 8. The van der Waals surface area contributed by atoms with Gasteiger partial charge in [0.25, 0.3) is 0 Å². The van der Waals surface area contributed by atoms with Crippen LogP contribution in [0.5, 0.6) is 0 Å². The summed E-state index contributed by atoms with van der Waals surface area (Å²) in [5.74, 6) is 1.46. The minimum absolute atomic E-state index is 0.0316. The third kappa shape index (κ3) is 6.51. The molecule has 48 heavy (non-hydrogen) atoms. The van der Waals surface area contributed by atoms with Gasteiger partial charge in [0.1, 0.15) is 12.1 Å². The molecule has 1 saturated heterocycles. The summed E-state index contributed by atoms with van der Waals surface area (Å²) < 4.78 is 1.92. The Kier molecular flexibility index (Phi) is 8.63. The van der Waals surface area contributed by atoms with E-state index in [0.717, 1.165) is 46.3 Å². The van der Waals surface area contributed by atoms with Gasteiger partial charge in [0.2, 0.25) is 11.9 Å². The zero-order valence-corrected chi connectivity index (χ0v) is 26.5. The molecule has 0 spiro atoms. The van der Waals surface area contributed by atoms with E-state index in [1.165, 1.54) is 0 Å². The van der Waals surface area contributed by atoms with Crippen molar-refractivity contribution in [3.63, 3.8) is 0 Å². The number of carbonyl (C=O) groups excluding carboxylic acids is 1. The van der Waals surface area contributed by atoms with E-state index >= 15 is 0 Å². The molecule has 5 N–H and O–H groups in total. The molecule has 12 heteroatoms. The number of hydrogen-bond acceptors (Lipinski definition) is 9. The molecule has 0 radical (unpaired) electrons. The Hall–Kier alpha value is -5.88. The predicted octanol–water partition coefficient (Wildman–Crippen LogP) is 5.76. The van der Waals surface area contributed by atoms with E-state index in [1.807, 2.05) is 94.4 Å². The van der Waals surface area contributed by atoms with E-state index in [2.05, 4.69) is 32.5 Å². The number of urea groups is 1. The highest BCUT2D eigenvalue weighted by atomic mass is 16.3. The second-order valence-electron chi connectivity index (χ2n) is 11.9. The molecule has 6 aromatic rings. The Morgan fingerprint density at radius 2 is 1.81 bits per heavy atom. The fourth-order valence-corrected chi connectivity index (χ4v) is 6.21. The number of nitrogens with two attached hydrogens (primary N) is 1. The van der Waals surface area contributed by atoms with E-state index in [9.17, 15) is 9.90 Å². The van der Waals surface area contributed by atoms with Gasteiger partial charge in [0.05, 0.1) is 29.0 Å². The van der Waals surface area contributed by atoms with Crippen LogP contribution in [0.1, 0.15) is 25.3 Å². The van der Waals surface area contributed by atoms with Gasteiger partial charge in [0.15, 0.2) is 0 Å². The number of hydrogen-bond donors (Lipinski definition) is 4. The number of carbonyl (C=O) groups is 1. The molecule has 1 aliphatic rings. The van der Waals surface area contributed by atoms with E-state index in [-0.39, 0.29) is 30.5 Å². The molecule has 0 saturated carbocycles. The number of nitrogen functional groups attached to an aromatic ring is 1. The summed E-state index contributed by atoms with van der Waals surface area (Å²) in [5.41, 5.74) is 12.0. The number of imidazole rings is 1. The van der Waals surface area contributed by atoms with Crippen molar-refractivity contribution in [1.29, 1.82) is 0 Å². The first-order valence-corrected chi connectivity index (χ1v) is 16.0. The Morgan fingerprint density at radius 1 is 0.979 bits per heavy atom. The highest BCUT2D eigenvalue weighted by molar-refractivity contribution is 5.89. The van der Waals surface area contributed by atoms with Crippen molar-refractivity contribution in [3.05, 3.63) is 103 Å². The van der Waals surface area contributed by atoms with Gasteiger partial charge in [0, 0.05) is 48.2 Å². The van der Waals surface area contributed by atoms with Crippen molar-refractivity contribution in [3.8, 4) is 28.3 Å². The molecular weight excluding hydrogens is 604 g/mol. The number of nitrogens with zero attached hydrogens (tertiary/aromatic N) is 7. The van der Waals surface area contributed by atoms with Crippen molar-refractivity contribution in [2.24, 2.45) is 5.92 Å². The summed E-state index contributed by atoms with van der Waals surface area (Å²) in [6.45, 7) is 3.30. The maximum Gasteiger partial charge on any atom is 0.321 e. The molecule has 0 bridgehead atoms. The minimum atomic E-state index is -0.123. The molecule has 2 unspecified atom stereocenters. The van der Waals surface area contributed by atoms with Gasteiger partial charge in [-0.1, -0.05) is 48.5 Å². The fraction of sp³-hybridized carbons (Fsp3) is 0.222. The maximum atomic E-state index is 13.1. The predicted molar refractivity (Wildman–Crippen MR) is 186 cm³/mol. The number of aliphatic hydroxyl groups excluding tert-OH is 1. The van der Waals surface area contributed by atoms with E-state index in [0.29, 0.717) is 36.2 Å². The summed E-state index contributed by atoms with van der Waals surface area (Å²) in [6.07, 6.45) is 5.24. The van der Waals surface area contributed by atoms with Crippen molar-refractivity contribution < 1.29 is 9.90 Å². The maximum absolute atomic E-state index is 13.1. The summed E-state index contributed by atoms with van der Waals surface area (Å²) in [6, 6.07) is 26.7. The number of para-hydroxylation sites is 1. The lowest BCUT2D eigenvalue weighted by molar-refractivity contribution is 0.172. The Morgan fingerprint density at radius 3 is 2.65 bits per heavy atom. The van der Waals surface area contributed by atoms with Crippen LogP contribution in [0.4, 0.5) is 22.4 Å². The summed E-state index contributed by atoms with van der Waals surface area (Å²) in [4.78, 5) is 37.9. The SMILES string of the molecule is CC(Nc1nc(-c2ccccc2CO)cc(-n2cnc3cc(-c4ccnc(N)n4)ccc32)n1)C1CCCN(C(=O)Nc2ccccc2)C1. The lowest BCUT2D eigenvalue weighted by Gasteiger charge is -2.36. The van der Waals surface area contributed by atoms with E-state index < -0.39 is 0 Å². The van der Waals surface area contributed by atoms with Crippen molar-refractivity contribution in [2.75, 3.05) is 29.5 Å². The lowest BCUT2D eigenvalue weighted by atomic mass is 9.92. The summed E-state index contributed by atoms with van der Waals surface area (Å²) in [5, 5.41) is 16.7. The van der Waals surface area contributed by atoms with Gasteiger partial charge in [-0.3, -0.25) is 4.57 Å². The fourth-order valence-electron chi connectivity index (χ4n) is 6.21. The minimum Gasteiger partial charge on any atom is -0.392 e. The number of aliphatic hydroxyl groups is 1. The zero-order chi connectivity index (χ0) is 33.0. The number of amides is 2. The molecule has 2 amide bonds. The van der Waals surface area contributed by atoms with Crippen LogP contribution in [0.3, 0.4) is 0 Å². The van der Waals surface area contributed by atoms with Crippen LogP contribution in [0.15, 0.2) is 97.5 Å². The van der Waals surface area contributed by atoms with Crippen LogP contribution in [-0.4, -0.2) is 64.7 Å². The number of anilines is 3. The van der Waals surface area contributed by atoms with Gasteiger partial charge in [-0.15, -0.1) is 0 Å². The normalized spacial score (nSPS) is 15.3. The molecule has 242 valence electrons. The highest BCUT2D eigenvalue weighted by Crippen LogP contribution is 2.29. The molecule has 3 aromatic carbocycles. The van der Waals surface area contributed by atoms with Gasteiger partial charge in [-0.05, 0) is 61.6 Å². The smallest absolute Gasteiger partial charge is 0.321 e. The number of benzene rings is 3. The Labute approximate surface area is 277 Å². The molecule has 1 fully saturated rings. The molecular formula is C36H36N10O2. The Bertz CT molecular complexity index is 2070. The average Bonchev–Trinajstić information content (AvgIpc) is 3.55. The number of likely N-dealkylation sites (tertiary alicyclic amines) is 1. The first kappa shape index (κ1) is 30.8. The van der Waals surface area contributed by atoms with Crippen LogP contribution in [-0.2, 0) is 6.61 Å². The first-order valence-electron chi connectivity index (χ1n) is 16.0. The van der Waals surface area contributed by atoms with Crippen LogP contribution in [0.2, 0.25) is 0 Å². The largest absolute Gasteiger partial charge is 0.392 e. The number of nitrogens with one attached hydrogen (secondary N) is 2. The second-order valence-corrected chi connectivity index (χ2v) is 11.9. The number of piperidine rings is 1. The molecule has 2 atom stereocenters. The molecule has 1 aliphatic heterocycles. The van der Waals surface area contributed by atoms with Gasteiger partial charge in [-0.25, -0.2) is 24.7 Å². The van der Waals surface area contributed by atoms with E-state index in [1.54, 1.807) is 12.5 Å². The molecule has 12 nitrogen and oxygen atoms in total. The average molecular weight is 641 g/mol. The molecule has 0 aliphatic carbocycles. The summed E-state index contributed by atoms with van der Waals surface area (Å²) in [7, 11) is 0. The van der Waals surface area contributed by atoms with Crippen LogP contribution in [0, 0.1) is 5.92 Å². The van der Waals surface area contributed by atoms with Crippen LogP contribution in [0.25, 0.3) is 39.4 Å². The third-order valence-corrected chi connectivity index (χ3v) is 8.77. The first-order chi connectivity index (χ1) is 23.4.